The molecule has 0 amide bonds. The lowest BCUT2D eigenvalue weighted by molar-refractivity contribution is -0.141. The molecule has 1 aliphatic heterocycles. The van der Waals surface area contributed by atoms with Crippen LogP contribution in [0, 0.1) is 0 Å². The van der Waals surface area contributed by atoms with Crippen LogP contribution in [0.5, 0.6) is 28.7 Å². The number of benzene rings is 4. The van der Waals surface area contributed by atoms with Gasteiger partial charge in [-0.25, -0.2) is 0 Å². The fourth-order valence-electron chi connectivity index (χ4n) is 6.94. The highest BCUT2D eigenvalue weighted by atomic mass is 16.5. The van der Waals surface area contributed by atoms with Gasteiger partial charge in [-0.05, 0) is 72.8 Å². The number of nitrogens with one attached hydrogen (secondary N) is 2. The first kappa shape index (κ1) is 34.1. The third-order valence-corrected chi connectivity index (χ3v) is 9.44. The Kier molecular flexibility index (Phi) is 10.3. The highest BCUT2D eigenvalue weighted by Gasteiger charge is 2.41. The molecule has 0 saturated heterocycles. The molecular formula is C39H44N2O8. The summed E-state index contributed by atoms with van der Waals surface area (Å²) in [6, 6.07) is 18.8. The maximum atomic E-state index is 12.1. The van der Waals surface area contributed by atoms with Crippen LogP contribution >= 0.6 is 0 Å². The summed E-state index contributed by atoms with van der Waals surface area (Å²) >= 11 is 0. The van der Waals surface area contributed by atoms with Crippen molar-refractivity contribution in [2.24, 2.45) is 0 Å². The van der Waals surface area contributed by atoms with E-state index in [0.717, 1.165) is 55.8 Å². The number of aliphatic hydroxyl groups is 1. The minimum absolute atomic E-state index is 0.0166. The first-order chi connectivity index (χ1) is 23.7. The van der Waals surface area contributed by atoms with Gasteiger partial charge in [0.1, 0.15) is 36.6 Å². The maximum Gasteiger partial charge on any atom is 0.302 e. The fourth-order valence-corrected chi connectivity index (χ4v) is 6.94. The minimum Gasteiger partial charge on any atom is -0.508 e. The van der Waals surface area contributed by atoms with Crippen molar-refractivity contribution < 1.29 is 39.1 Å². The zero-order chi connectivity index (χ0) is 34.7. The first-order valence-electron chi connectivity index (χ1n) is 16.6. The number of aryl methyl sites for hydroxylation is 1. The molecule has 1 aliphatic carbocycles. The molecule has 0 radical (unpaired) electrons. The first-order valence-corrected chi connectivity index (χ1v) is 16.6. The average Bonchev–Trinajstić information content (AvgIpc) is 3.48. The molecule has 5 N–H and O–H groups in total. The molecular weight excluding hydrogens is 624 g/mol. The van der Waals surface area contributed by atoms with Gasteiger partial charge in [-0.3, -0.25) is 4.79 Å². The highest BCUT2D eigenvalue weighted by Crippen LogP contribution is 2.54. The number of rotatable bonds is 13. The van der Waals surface area contributed by atoms with Crippen molar-refractivity contribution in [1.82, 2.24) is 10.6 Å². The van der Waals surface area contributed by atoms with E-state index in [4.69, 9.17) is 18.9 Å². The summed E-state index contributed by atoms with van der Waals surface area (Å²) in [5, 5.41) is 37.7. The smallest absolute Gasteiger partial charge is 0.302 e. The molecule has 4 aromatic rings. The second-order valence-corrected chi connectivity index (χ2v) is 12.6. The zero-order valence-electron chi connectivity index (χ0n) is 28.3. The number of phenols is 2. The van der Waals surface area contributed by atoms with Gasteiger partial charge in [0.25, 0.3) is 0 Å². The lowest BCUT2D eigenvalue weighted by Gasteiger charge is -2.25. The number of fused-ring (bicyclic) bond motifs is 5. The monoisotopic (exact) mass is 668 g/mol. The molecule has 1 heterocycles. The largest absolute Gasteiger partial charge is 0.508 e. The minimum atomic E-state index is -0.555. The van der Waals surface area contributed by atoms with Gasteiger partial charge in [0.15, 0.2) is 11.5 Å². The van der Waals surface area contributed by atoms with Crippen molar-refractivity contribution in [3.05, 3.63) is 99.6 Å². The third kappa shape index (κ3) is 7.03. The van der Waals surface area contributed by atoms with Crippen LogP contribution in [0.25, 0.3) is 11.1 Å². The number of carbonyl (C=O) groups excluding carboxylic acids is 1. The molecule has 258 valence electrons. The number of aromatic hydroxyl groups is 2. The van der Waals surface area contributed by atoms with Gasteiger partial charge in [0, 0.05) is 54.4 Å². The Morgan fingerprint density at radius 1 is 1.04 bits per heavy atom. The Morgan fingerprint density at radius 3 is 2.63 bits per heavy atom. The molecule has 0 spiro atoms. The number of carbonyl (C=O) groups is 1. The van der Waals surface area contributed by atoms with Crippen LogP contribution in [0.1, 0.15) is 70.9 Å². The Balaban J connectivity index is 1.41. The summed E-state index contributed by atoms with van der Waals surface area (Å²) in [7, 11) is 3.43. The topological polar surface area (TPSA) is 139 Å². The number of aliphatic hydroxyl groups excluding tert-OH is 1. The van der Waals surface area contributed by atoms with E-state index in [9.17, 15) is 20.1 Å². The van der Waals surface area contributed by atoms with E-state index >= 15 is 0 Å². The van der Waals surface area contributed by atoms with E-state index in [1.165, 1.54) is 6.92 Å². The van der Waals surface area contributed by atoms with Gasteiger partial charge < -0.3 is 44.9 Å². The zero-order valence-corrected chi connectivity index (χ0v) is 28.3. The van der Waals surface area contributed by atoms with Crippen molar-refractivity contribution in [2.45, 2.75) is 57.9 Å². The lowest BCUT2D eigenvalue weighted by Crippen LogP contribution is -2.23. The standard InChI is InChI=1S/C39H44N2O8/c1-22(25-7-5-6-24(14-25)20-42)41-19-27-16-34(45)35(47-13-12-40-3)18-32(27)39-33(21-48-23(2)43)31-11-10-29-30(38(31)49-39)9-8-26-15-28(44)17-36(46-4)37(26)29/h5-7,10-11,14-18,22,33,39-42,44-45H,8-9,12-13,19-21H2,1-4H3/t22-,33+,39+/m1/s1. The number of esters is 1. The molecule has 0 unspecified atom stereocenters. The maximum absolute atomic E-state index is 12.1. The van der Waals surface area contributed by atoms with Crippen molar-refractivity contribution in [3.8, 4) is 39.9 Å². The molecule has 49 heavy (non-hydrogen) atoms. The van der Waals surface area contributed by atoms with E-state index < -0.39 is 6.10 Å². The van der Waals surface area contributed by atoms with Gasteiger partial charge in [-0.15, -0.1) is 0 Å². The highest BCUT2D eigenvalue weighted by molar-refractivity contribution is 5.82. The SMILES string of the molecule is CNCCOc1cc([C@@H]2Oc3c(ccc4c3CCc3cc(O)cc(OC)c3-4)[C@@H]2COC(C)=O)c(CN[C@H](C)c2cccc(CO)c2)cc1O. The summed E-state index contributed by atoms with van der Waals surface area (Å²) in [5.74, 6) is 1.14. The summed E-state index contributed by atoms with van der Waals surface area (Å²) in [6.45, 7) is 4.86. The lowest BCUT2D eigenvalue weighted by atomic mass is 9.81. The molecule has 0 aromatic heterocycles. The summed E-state index contributed by atoms with van der Waals surface area (Å²) in [4.78, 5) is 12.1. The van der Waals surface area contributed by atoms with E-state index in [1.807, 2.05) is 43.4 Å². The molecule has 10 nitrogen and oxygen atoms in total. The molecule has 0 fully saturated rings. The van der Waals surface area contributed by atoms with Crippen molar-refractivity contribution in [2.75, 3.05) is 33.9 Å². The summed E-state index contributed by atoms with van der Waals surface area (Å²) in [6.07, 6.45) is 0.832. The van der Waals surface area contributed by atoms with Gasteiger partial charge in [0.05, 0.1) is 19.6 Å². The number of likely N-dealkylation sites (N-methyl/N-ethyl adjacent to an activating group) is 1. The van der Waals surface area contributed by atoms with Crippen LogP contribution in [0.3, 0.4) is 0 Å². The number of hydrogen-bond donors (Lipinski definition) is 5. The summed E-state index contributed by atoms with van der Waals surface area (Å²) < 4.78 is 24.3. The van der Waals surface area contributed by atoms with Gasteiger partial charge in [-0.1, -0.05) is 36.4 Å². The van der Waals surface area contributed by atoms with Gasteiger partial charge in [0.2, 0.25) is 0 Å². The Hall–Kier alpha value is -4.77. The number of ether oxygens (including phenoxy) is 4. The molecule has 0 saturated carbocycles. The van der Waals surface area contributed by atoms with Crippen LogP contribution in [-0.4, -0.2) is 55.2 Å². The number of phenolic OH excluding ortho intramolecular Hbond substituents is 2. The molecule has 0 bridgehead atoms. The predicted octanol–water partition coefficient (Wildman–Crippen LogP) is 5.59. The van der Waals surface area contributed by atoms with E-state index in [0.29, 0.717) is 44.0 Å². The van der Waals surface area contributed by atoms with Gasteiger partial charge in [-0.2, -0.15) is 0 Å². The van der Waals surface area contributed by atoms with Crippen molar-refractivity contribution in [3.63, 3.8) is 0 Å². The third-order valence-electron chi connectivity index (χ3n) is 9.44. The second-order valence-electron chi connectivity index (χ2n) is 12.6. The second kappa shape index (κ2) is 14.8. The van der Waals surface area contributed by atoms with Crippen LogP contribution in [0.2, 0.25) is 0 Å². The Labute approximate surface area is 286 Å². The molecule has 4 aromatic carbocycles. The van der Waals surface area contributed by atoms with Crippen molar-refractivity contribution >= 4 is 5.97 Å². The number of hydrogen-bond acceptors (Lipinski definition) is 10. The molecule has 10 heteroatoms. The Bertz CT molecular complexity index is 1820. The predicted molar refractivity (Wildman–Crippen MR) is 185 cm³/mol. The molecule has 6 rings (SSSR count). The molecule has 3 atom stereocenters. The van der Waals surface area contributed by atoms with Crippen LogP contribution < -0.4 is 24.8 Å². The quantitative estimate of drug-likeness (QED) is 0.0905. The van der Waals surface area contributed by atoms with Crippen molar-refractivity contribution in [1.29, 1.82) is 0 Å². The Morgan fingerprint density at radius 2 is 1.88 bits per heavy atom. The normalized spacial score (nSPS) is 16.6. The van der Waals surface area contributed by atoms with E-state index in [2.05, 4.69) is 23.6 Å². The fraction of sp³-hybridized carbons (Fsp3) is 0.359. The van der Waals surface area contributed by atoms with E-state index in [1.54, 1.807) is 25.3 Å². The van der Waals surface area contributed by atoms with Crippen LogP contribution in [-0.2, 0) is 35.5 Å². The van der Waals surface area contributed by atoms with Crippen LogP contribution in [0.15, 0.2) is 60.7 Å². The van der Waals surface area contributed by atoms with E-state index in [-0.39, 0.29) is 42.6 Å². The summed E-state index contributed by atoms with van der Waals surface area (Å²) in [5.41, 5.74) is 8.36. The van der Waals surface area contributed by atoms with Gasteiger partial charge >= 0.3 is 5.97 Å². The molecule has 2 aliphatic rings. The number of methoxy groups -OCH3 is 1. The van der Waals surface area contributed by atoms with Crippen LogP contribution in [0.4, 0.5) is 0 Å². The average molecular weight is 669 g/mol.